The van der Waals surface area contributed by atoms with Crippen LogP contribution in [0.3, 0.4) is 0 Å². The van der Waals surface area contributed by atoms with Crippen molar-refractivity contribution in [3.63, 3.8) is 0 Å². The fraction of sp³-hybridized carbons (Fsp3) is 0. The van der Waals surface area contributed by atoms with Crippen LogP contribution in [0.4, 0.5) is 20.3 Å². The first-order valence-corrected chi connectivity index (χ1v) is 9.26. The molecule has 0 bridgehead atoms. The van der Waals surface area contributed by atoms with Crippen LogP contribution in [0.25, 0.3) is 27.9 Å². The molecule has 0 saturated carbocycles. The third-order valence-corrected chi connectivity index (χ3v) is 4.65. The molecule has 0 unspecified atom stereocenters. The summed E-state index contributed by atoms with van der Waals surface area (Å²) in [5.41, 5.74) is 4.60. The Labute approximate surface area is 170 Å². The molecule has 1 N–H and O–H groups in total. The zero-order chi connectivity index (χ0) is 20.5. The third-order valence-electron chi connectivity index (χ3n) is 4.65. The van der Waals surface area contributed by atoms with Crippen LogP contribution in [-0.2, 0) is 0 Å². The van der Waals surface area contributed by atoms with Gasteiger partial charge in [-0.05, 0) is 42.0 Å². The number of aromatic nitrogens is 4. The minimum Gasteiger partial charge on any atom is -0.340 e. The molecule has 3 aromatic heterocycles. The van der Waals surface area contributed by atoms with Crippen LogP contribution in [0, 0.1) is 11.6 Å². The van der Waals surface area contributed by atoms with Crippen LogP contribution in [0.15, 0.2) is 85.2 Å². The Morgan fingerprint density at radius 1 is 0.767 bits per heavy atom. The van der Waals surface area contributed by atoms with Gasteiger partial charge in [0.05, 0.1) is 5.52 Å². The summed E-state index contributed by atoms with van der Waals surface area (Å²) in [6.07, 6.45) is 3.32. The lowest BCUT2D eigenvalue weighted by Gasteiger charge is -2.09. The van der Waals surface area contributed by atoms with Gasteiger partial charge >= 0.3 is 0 Å². The van der Waals surface area contributed by atoms with Crippen molar-refractivity contribution in [2.24, 2.45) is 0 Å². The second-order valence-electron chi connectivity index (χ2n) is 6.70. The normalized spacial score (nSPS) is 11.0. The van der Waals surface area contributed by atoms with Gasteiger partial charge in [-0.1, -0.05) is 30.3 Å². The lowest BCUT2D eigenvalue weighted by atomic mass is 10.0. The highest BCUT2D eigenvalue weighted by molar-refractivity contribution is 5.92. The van der Waals surface area contributed by atoms with Crippen molar-refractivity contribution in [2.75, 3.05) is 5.32 Å². The van der Waals surface area contributed by atoms with E-state index in [9.17, 15) is 8.78 Å². The molecule has 2 aromatic carbocycles. The molecule has 5 rings (SSSR count). The van der Waals surface area contributed by atoms with Crippen LogP contribution in [0.1, 0.15) is 0 Å². The number of rotatable bonds is 4. The van der Waals surface area contributed by atoms with E-state index in [0.717, 1.165) is 34.0 Å². The molecule has 0 aliphatic carbocycles. The Kier molecular flexibility index (Phi) is 4.40. The van der Waals surface area contributed by atoms with Crippen LogP contribution in [0.5, 0.6) is 0 Å². The number of pyridine rings is 1. The number of benzene rings is 2. The quantitative estimate of drug-likeness (QED) is 0.435. The van der Waals surface area contributed by atoms with E-state index in [1.807, 2.05) is 54.6 Å². The molecule has 0 radical (unpaired) electrons. The first kappa shape index (κ1) is 17.9. The average molecular weight is 399 g/mol. The summed E-state index contributed by atoms with van der Waals surface area (Å²) < 4.78 is 28.7. The maximum Gasteiger partial charge on any atom is 0.130 e. The highest BCUT2D eigenvalue weighted by Gasteiger charge is 2.17. The molecule has 5 nitrogen and oxygen atoms in total. The maximum atomic E-state index is 13.5. The minimum absolute atomic E-state index is 0.280. The number of nitrogens with one attached hydrogen (secondary N) is 1. The molecule has 0 saturated heterocycles. The molecule has 0 atom stereocenters. The molecule has 0 fully saturated rings. The molecule has 0 aliphatic rings. The smallest absolute Gasteiger partial charge is 0.130 e. The fourth-order valence-corrected chi connectivity index (χ4v) is 3.40. The highest BCUT2D eigenvalue weighted by Crippen LogP contribution is 2.35. The summed E-state index contributed by atoms with van der Waals surface area (Å²) in [6.45, 7) is 0. The van der Waals surface area contributed by atoms with Gasteiger partial charge in [0.2, 0.25) is 0 Å². The SMILES string of the molecule is Fc1cc(F)cc(Nc2cc(-c3c(-c4ccccc4)nn4ncccc34)ccn2)c1. The number of anilines is 2. The average Bonchev–Trinajstić information content (AvgIpc) is 3.13. The largest absolute Gasteiger partial charge is 0.340 e. The second kappa shape index (κ2) is 7.36. The van der Waals surface area contributed by atoms with Gasteiger partial charge in [0, 0.05) is 35.3 Å². The topological polar surface area (TPSA) is 55.1 Å². The molecule has 0 aliphatic heterocycles. The number of fused-ring (bicyclic) bond motifs is 1. The van der Waals surface area contributed by atoms with Gasteiger partial charge in [-0.2, -0.15) is 9.73 Å². The highest BCUT2D eigenvalue weighted by atomic mass is 19.1. The molecule has 5 aromatic rings. The molecule has 0 amide bonds. The zero-order valence-corrected chi connectivity index (χ0v) is 15.6. The van der Waals surface area contributed by atoms with E-state index in [2.05, 4.69) is 20.5 Å². The molecule has 0 spiro atoms. The van der Waals surface area contributed by atoms with Gasteiger partial charge in [-0.3, -0.25) is 0 Å². The van der Waals surface area contributed by atoms with Gasteiger partial charge in [-0.15, -0.1) is 5.10 Å². The van der Waals surface area contributed by atoms with Crippen molar-refractivity contribution in [3.8, 4) is 22.4 Å². The second-order valence-corrected chi connectivity index (χ2v) is 6.70. The van der Waals surface area contributed by atoms with Crippen molar-refractivity contribution < 1.29 is 8.78 Å². The first-order chi connectivity index (χ1) is 14.7. The summed E-state index contributed by atoms with van der Waals surface area (Å²) in [5, 5.41) is 11.9. The number of nitrogens with zero attached hydrogens (tertiary/aromatic N) is 4. The molecule has 146 valence electrons. The van der Waals surface area contributed by atoms with Crippen LogP contribution < -0.4 is 5.32 Å². The Bertz CT molecular complexity index is 1330. The van der Waals surface area contributed by atoms with Crippen molar-refractivity contribution >= 4 is 17.0 Å². The van der Waals surface area contributed by atoms with Crippen molar-refractivity contribution in [3.05, 3.63) is 96.8 Å². The molecule has 7 heteroatoms. The summed E-state index contributed by atoms with van der Waals surface area (Å²) in [5.74, 6) is -0.859. The Hall–Kier alpha value is -4.13. The lowest BCUT2D eigenvalue weighted by molar-refractivity contribution is 0.584. The standard InChI is InChI=1S/C23H15F2N5/c24-17-12-18(25)14-19(13-17)28-21-11-16(8-10-26-21)22-20-7-4-9-27-30(20)29-23(22)15-5-2-1-3-6-15/h1-14H,(H,26,28). The van der Waals surface area contributed by atoms with Crippen LogP contribution >= 0.6 is 0 Å². The van der Waals surface area contributed by atoms with Crippen LogP contribution in [0.2, 0.25) is 0 Å². The summed E-state index contributed by atoms with van der Waals surface area (Å²) in [4.78, 5) is 4.29. The minimum atomic E-state index is -0.659. The van der Waals surface area contributed by atoms with Gasteiger partial charge in [0.15, 0.2) is 0 Å². The van der Waals surface area contributed by atoms with Crippen molar-refractivity contribution in [2.45, 2.75) is 0 Å². The summed E-state index contributed by atoms with van der Waals surface area (Å²) >= 11 is 0. The van der Waals surface area contributed by atoms with Gasteiger partial charge in [-0.25, -0.2) is 13.8 Å². The van der Waals surface area contributed by atoms with Crippen molar-refractivity contribution in [1.82, 2.24) is 19.8 Å². The predicted molar refractivity (Wildman–Crippen MR) is 111 cm³/mol. The van der Waals surface area contributed by atoms with Crippen molar-refractivity contribution in [1.29, 1.82) is 0 Å². The zero-order valence-electron chi connectivity index (χ0n) is 15.6. The van der Waals surface area contributed by atoms with Crippen LogP contribution in [-0.4, -0.2) is 19.8 Å². The molecule has 30 heavy (non-hydrogen) atoms. The summed E-state index contributed by atoms with van der Waals surface area (Å²) in [6, 6.07) is 20.6. The Morgan fingerprint density at radius 2 is 1.57 bits per heavy atom. The number of hydrogen-bond donors (Lipinski definition) is 1. The van der Waals surface area contributed by atoms with E-state index in [-0.39, 0.29) is 5.69 Å². The molecular formula is C23H15F2N5. The van der Waals surface area contributed by atoms with E-state index in [1.165, 1.54) is 12.1 Å². The van der Waals surface area contributed by atoms with E-state index in [4.69, 9.17) is 0 Å². The van der Waals surface area contributed by atoms with E-state index < -0.39 is 11.6 Å². The summed E-state index contributed by atoms with van der Waals surface area (Å²) in [7, 11) is 0. The number of hydrogen-bond acceptors (Lipinski definition) is 4. The van der Waals surface area contributed by atoms with E-state index in [1.54, 1.807) is 17.0 Å². The first-order valence-electron chi connectivity index (χ1n) is 9.26. The van der Waals surface area contributed by atoms with Gasteiger partial charge in [0.25, 0.3) is 0 Å². The lowest BCUT2D eigenvalue weighted by Crippen LogP contribution is -1.95. The Morgan fingerprint density at radius 3 is 2.37 bits per heavy atom. The maximum absolute atomic E-state index is 13.5. The molecule has 3 heterocycles. The monoisotopic (exact) mass is 399 g/mol. The van der Waals surface area contributed by atoms with Gasteiger partial charge < -0.3 is 5.32 Å². The third kappa shape index (κ3) is 3.37. The Balaban J connectivity index is 1.63. The fourth-order valence-electron chi connectivity index (χ4n) is 3.40. The molecular weight excluding hydrogens is 384 g/mol. The van der Waals surface area contributed by atoms with E-state index >= 15 is 0 Å². The predicted octanol–water partition coefficient (Wildman–Crippen LogP) is 5.48. The van der Waals surface area contributed by atoms with Gasteiger partial charge in [0.1, 0.15) is 23.1 Å². The van der Waals surface area contributed by atoms with E-state index in [0.29, 0.717) is 5.82 Å². The number of halogens is 2.